The maximum atomic E-state index is 15.1. The first-order chi connectivity index (χ1) is 18.7. The Hall–Kier alpha value is -2.85. The van der Waals surface area contributed by atoms with Crippen LogP contribution in [0.5, 0.6) is 0 Å². The van der Waals surface area contributed by atoms with Crippen molar-refractivity contribution in [2.24, 2.45) is 11.8 Å². The number of fused-ring (bicyclic) bond motifs is 1. The summed E-state index contributed by atoms with van der Waals surface area (Å²) in [4.78, 5) is 0. The Morgan fingerprint density at radius 1 is 0.789 bits per heavy atom. The van der Waals surface area contributed by atoms with Crippen LogP contribution in [0.4, 0.5) is 4.39 Å². The molecule has 0 saturated heterocycles. The minimum atomic E-state index is -0.0613. The first kappa shape index (κ1) is 28.2. The van der Waals surface area contributed by atoms with Crippen molar-refractivity contribution in [3.05, 3.63) is 95.3 Å². The van der Waals surface area contributed by atoms with Gasteiger partial charge in [0.2, 0.25) is 0 Å². The number of rotatable bonds is 12. The molecule has 1 aliphatic carbocycles. The largest absolute Gasteiger partial charge is 0.206 e. The zero-order valence-corrected chi connectivity index (χ0v) is 23.4. The molecule has 0 heterocycles. The Bertz CT molecular complexity index is 1220. The van der Waals surface area contributed by atoms with Gasteiger partial charge >= 0.3 is 0 Å². The third kappa shape index (κ3) is 8.33. The van der Waals surface area contributed by atoms with Gasteiger partial charge in [0.1, 0.15) is 5.82 Å². The van der Waals surface area contributed by atoms with E-state index in [-0.39, 0.29) is 5.82 Å². The first-order valence-electron chi connectivity index (χ1n) is 15.1. The number of halogens is 1. The maximum Gasteiger partial charge on any atom is 0.134 e. The van der Waals surface area contributed by atoms with E-state index in [9.17, 15) is 0 Å². The van der Waals surface area contributed by atoms with Gasteiger partial charge in [0.15, 0.2) is 0 Å². The van der Waals surface area contributed by atoms with Gasteiger partial charge in [-0.15, -0.1) is 6.58 Å². The van der Waals surface area contributed by atoms with Crippen LogP contribution in [0.25, 0.3) is 10.8 Å². The second kappa shape index (κ2) is 14.9. The third-order valence-corrected chi connectivity index (χ3v) is 8.48. The summed E-state index contributed by atoms with van der Waals surface area (Å²) in [6.45, 7) is 6.08. The zero-order valence-electron chi connectivity index (χ0n) is 23.4. The summed E-state index contributed by atoms with van der Waals surface area (Å²) >= 11 is 0. The number of allylic oxidation sites excluding steroid dienone is 1. The van der Waals surface area contributed by atoms with E-state index in [4.69, 9.17) is 0 Å². The monoisotopic (exact) mass is 508 g/mol. The lowest BCUT2D eigenvalue weighted by Gasteiger charge is -2.28. The van der Waals surface area contributed by atoms with E-state index in [0.29, 0.717) is 5.39 Å². The van der Waals surface area contributed by atoms with Crippen LogP contribution in [-0.2, 0) is 12.8 Å². The van der Waals surface area contributed by atoms with Gasteiger partial charge in [0, 0.05) is 16.5 Å². The summed E-state index contributed by atoms with van der Waals surface area (Å²) in [6, 6.07) is 18.6. The van der Waals surface area contributed by atoms with Crippen molar-refractivity contribution in [2.45, 2.75) is 96.8 Å². The zero-order chi connectivity index (χ0) is 26.6. The molecule has 0 spiro atoms. The van der Waals surface area contributed by atoms with Crippen LogP contribution in [0.15, 0.2) is 67.3 Å². The van der Waals surface area contributed by atoms with Gasteiger partial charge in [-0.2, -0.15) is 0 Å². The van der Waals surface area contributed by atoms with Crippen molar-refractivity contribution >= 4 is 10.8 Å². The topological polar surface area (TPSA) is 0 Å². The Morgan fingerprint density at radius 3 is 2.21 bits per heavy atom. The van der Waals surface area contributed by atoms with E-state index in [1.54, 1.807) is 0 Å². The van der Waals surface area contributed by atoms with Gasteiger partial charge in [0.05, 0.1) is 0 Å². The van der Waals surface area contributed by atoms with E-state index < -0.39 is 0 Å². The molecule has 0 aromatic heterocycles. The molecule has 1 aliphatic rings. The average Bonchev–Trinajstić information content (AvgIpc) is 2.96. The van der Waals surface area contributed by atoms with Crippen molar-refractivity contribution < 1.29 is 4.39 Å². The van der Waals surface area contributed by atoms with Crippen molar-refractivity contribution in [3.8, 4) is 11.8 Å². The summed E-state index contributed by atoms with van der Waals surface area (Å²) in [5.41, 5.74) is 4.20. The van der Waals surface area contributed by atoms with E-state index in [2.05, 4.69) is 55.7 Å². The lowest BCUT2D eigenvalue weighted by Crippen LogP contribution is -2.15. The fourth-order valence-corrected chi connectivity index (χ4v) is 5.96. The number of unbranched alkanes of at least 4 members (excludes halogenated alkanes) is 4. The molecule has 1 heteroatoms. The van der Waals surface area contributed by atoms with E-state index in [1.807, 2.05) is 30.3 Å². The molecule has 0 radical (unpaired) electrons. The van der Waals surface area contributed by atoms with Crippen LogP contribution in [0.1, 0.15) is 106 Å². The lowest BCUT2D eigenvalue weighted by atomic mass is 9.78. The van der Waals surface area contributed by atoms with Crippen molar-refractivity contribution in [3.63, 3.8) is 0 Å². The van der Waals surface area contributed by atoms with Gasteiger partial charge in [-0.25, -0.2) is 4.39 Å². The smallest absolute Gasteiger partial charge is 0.134 e. The standard InChI is InChI=1S/C37H45F/c1-3-5-7-8-9-11-34-25-26-35-28-33(24-27-36(35)37(34)38)23-22-32-20-18-31(19-21-32)17-16-30-14-12-29(13-15-30)10-6-4-2/h4,18-21,24-30H,2-3,5-17H2,1H3. The highest BCUT2D eigenvalue weighted by atomic mass is 19.1. The van der Waals surface area contributed by atoms with Crippen LogP contribution in [0, 0.1) is 29.5 Å². The molecule has 0 aliphatic heterocycles. The van der Waals surface area contributed by atoms with Crippen molar-refractivity contribution in [1.29, 1.82) is 0 Å². The van der Waals surface area contributed by atoms with Gasteiger partial charge in [0.25, 0.3) is 0 Å². The highest BCUT2D eigenvalue weighted by Crippen LogP contribution is 2.34. The molecular formula is C37H45F. The fraction of sp³-hybridized carbons (Fsp3) is 0.459. The van der Waals surface area contributed by atoms with Gasteiger partial charge < -0.3 is 0 Å². The van der Waals surface area contributed by atoms with Crippen LogP contribution in [0.3, 0.4) is 0 Å². The third-order valence-electron chi connectivity index (χ3n) is 8.48. The molecule has 4 rings (SSSR count). The molecule has 0 nitrogen and oxygen atoms in total. The van der Waals surface area contributed by atoms with Crippen LogP contribution >= 0.6 is 0 Å². The Morgan fingerprint density at radius 2 is 1.47 bits per heavy atom. The van der Waals surface area contributed by atoms with Crippen molar-refractivity contribution in [1.82, 2.24) is 0 Å². The summed E-state index contributed by atoms with van der Waals surface area (Å²) in [5, 5.41) is 1.63. The fourth-order valence-electron chi connectivity index (χ4n) is 5.96. The molecule has 200 valence electrons. The Kier molecular flexibility index (Phi) is 11.1. The minimum absolute atomic E-state index is 0.0613. The quantitative estimate of drug-likeness (QED) is 0.130. The molecular weight excluding hydrogens is 463 g/mol. The number of benzene rings is 3. The molecule has 0 amide bonds. The van der Waals surface area contributed by atoms with Crippen LogP contribution < -0.4 is 0 Å². The lowest BCUT2D eigenvalue weighted by molar-refractivity contribution is 0.254. The van der Waals surface area contributed by atoms with Gasteiger partial charge in [-0.1, -0.05) is 107 Å². The summed E-state index contributed by atoms with van der Waals surface area (Å²) in [6.07, 6.45) is 19.4. The SMILES string of the molecule is C=CCCC1CCC(CCc2ccc(C#Cc3ccc4c(F)c(CCCCCCC)ccc4c3)cc2)CC1. The molecule has 3 aromatic rings. The molecule has 0 atom stereocenters. The molecule has 0 unspecified atom stereocenters. The summed E-state index contributed by atoms with van der Waals surface area (Å²) in [7, 11) is 0. The number of hydrogen-bond acceptors (Lipinski definition) is 0. The normalized spacial score (nSPS) is 17.2. The van der Waals surface area contributed by atoms with Gasteiger partial charge in [-0.3, -0.25) is 0 Å². The molecule has 1 fully saturated rings. The van der Waals surface area contributed by atoms with E-state index in [0.717, 1.165) is 53.2 Å². The second-order valence-corrected chi connectivity index (χ2v) is 11.4. The summed E-state index contributed by atoms with van der Waals surface area (Å²) in [5.74, 6) is 8.33. The average molecular weight is 509 g/mol. The number of hydrogen-bond donors (Lipinski definition) is 0. The molecule has 3 aromatic carbocycles. The molecule has 1 saturated carbocycles. The maximum absolute atomic E-state index is 15.1. The highest BCUT2D eigenvalue weighted by Gasteiger charge is 2.20. The Balaban J connectivity index is 1.28. The number of aryl methyl sites for hydroxylation is 2. The van der Waals surface area contributed by atoms with Gasteiger partial charge in [-0.05, 0) is 91.1 Å². The van der Waals surface area contributed by atoms with Crippen LogP contribution in [0.2, 0.25) is 0 Å². The van der Waals surface area contributed by atoms with E-state index >= 15 is 4.39 Å². The second-order valence-electron chi connectivity index (χ2n) is 11.4. The molecule has 38 heavy (non-hydrogen) atoms. The Labute approximate surface area is 230 Å². The predicted octanol–water partition coefficient (Wildman–Crippen LogP) is 10.6. The first-order valence-corrected chi connectivity index (χ1v) is 15.1. The minimum Gasteiger partial charge on any atom is -0.206 e. The van der Waals surface area contributed by atoms with Crippen LogP contribution in [-0.4, -0.2) is 0 Å². The molecule has 0 bridgehead atoms. The van der Waals surface area contributed by atoms with E-state index in [1.165, 1.54) is 76.2 Å². The predicted molar refractivity (Wildman–Crippen MR) is 162 cm³/mol. The van der Waals surface area contributed by atoms with Crippen molar-refractivity contribution in [2.75, 3.05) is 0 Å². The molecule has 0 N–H and O–H groups in total. The highest BCUT2D eigenvalue weighted by molar-refractivity contribution is 5.85. The summed E-state index contributed by atoms with van der Waals surface area (Å²) < 4.78 is 15.1.